The van der Waals surface area contributed by atoms with Gasteiger partial charge < -0.3 is 14.8 Å². The summed E-state index contributed by atoms with van der Waals surface area (Å²) in [6.07, 6.45) is 0. The van der Waals surface area contributed by atoms with Crippen LogP contribution in [0.15, 0.2) is 72.8 Å². The van der Waals surface area contributed by atoms with Crippen molar-refractivity contribution in [1.29, 1.82) is 0 Å². The maximum absolute atomic E-state index is 12.5. The molecule has 8 heteroatoms. The van der Waals surface area contributed by atoms with E-state index in [1.807, 2.05) is 0 Å². The highest BCUT2D eigenvalue weighted by molar-refractivity contribution is 6.05. The number of hydrogen-bond donors (Lipinski definition) is 3. The molecule has 30 heavy (non-hydrogen) atoms. The van der Waals surface area contributed by atoms with Gasteiger partial charge >= 0.3 is 0 Å². The topological polar surface area (TPSA) is 106 Å². The molecule has 1 aliphatic heterocycles. The van der Waals surface area contributed by atoms with Crippen LogP contribution in [0.25, 0.3) is 0 Å². The third-order valence-corrected chi connectivity index (χ3v) is 4.34. The summed E-state index contributed by atoms with van der Waals surface area (Å²) in [4.78, 5) is 36.9. The van der Waals surface area contributed by atoms with E-state index in [9.17, 15) is 14.4 Å². The molecule has 1 heterocycles. The Hall–Kier alpha value is -4.33. The molecule has 0 atom stereocenters. The largest absolute Gasteiger partial charge is 0.454 e. The van der Waals surface area contributed by atoms with Gasteiger partial charge in [-0.15, -0.1) is 0 Å². The Morgan fingerprint density at radius 3 is 2.10 bits per heavy atom. The van der Waals surface area contributed by atoms with Gasteiger partial charge in [0.1, 0.15) is 0 Å². The fourth-order valence-corrected chi connectivity index (χ4v) is 2.83. The summed E-state index contributed by atoms with van der Waals surface area (Å²) in [5.74, 6) is -0.217. The van der Waals surface area contributed by atoms with Gasteiger partial charge in [-0.05, 0) is 48.5 Å². The minimum atomic E-state index is -0.515. The first kappa shape index (κ1) is 19.0. The van der Waals surface area contributed by atoms with Crippen molar-refractivity contribution in [3.63, 3.8) is 0 Å². The zero-order valence-corrected chi connectivity index (χ0v) is 15.7. The van der Waals surface area contributed by atoms with Crippen molar-refractivity contribution in [2.75, 3.05) is 12.1 Å². The number of amides is 3. The number of hydrogen-bond acceptors (Lipinski definition) is 5. The number of nitrogens with one attached hydrogen (secondary N) is 3. The lowest BCUT2D eigenvalue weighted by Gasteiger charge is -2.10. The van der Waals surface area contributed by atoms with Crippen LogP contribution in [0.4, 0.5) is 5.69 Å². The number of carbonyl (C=O) groups is 3. The van der Waals surface area contributed by atoms with Crippen LogP contribution >= 0.6 is 0 Å². The van der Waals surface area contributed by atoms with Gasteiger partial charge in [0.25, 0.3) is 17.7 Å². The van der Waals surface area contributed by atoms with Crippen molar-refractivity contribution in [3.8, 4) is 11.5 Å². The molecule has 3 N–H and O–H groups in total. The highest BCUT2D eigenvalue weighted by Crippen LogP contribution is 2.32. The standard InChI is InChI=1S/C22H17N3O5/c26-20(16-9-10-18-19(12-16)30-13-29-18)23-17-8-4-7-15(11-17)22(28)25-24-21(27)14-5-2-1-3-6-14/h1-12H,13H2,(H,23,26)(H,24,27)(H,25,28). The van der Waals surface area contributed by atoms with E-state index in [0.29, 0.717) is 28.3 Å². The van der Waals surface area contributed by atoms with Crippen molar-refractivity contribution < 1.29 is 23.9 Å². The van der Waals surface area contributed by atoms with E-state index >= 15 is 0 Å². The van der Waals surface area contributed by atoms with Crippen molar-refractivity contribution in [3.05, 3.63) is 89.5 Å². The van der Waals surface area contributed by atoms with Crippen LogP contribution in [0.2, 0.25) is 0 Å². The molecule has 0 saturated heterocycles. The summed E-state index contributed by atoms with van der Waals surface area (Å²) in [7, 11) is 0. The molecular formula is C22H17N3O5. The normalized spacial score (nSPS) is 11.5. The molecule has 3 aromatic rings. The summed E-state index contributed by atoms with van der Waals surface area (Å²) >= 11 is 0. The molecule has 8 nitrogen and oxygen atoms in total. The third kappa shape index (κ3) is 4.22. The minimum absolute atomic E-state index is 0.123. The van der Waals surface area contributed by atoms with Gasteiger partial charge in [-0.2, -0.15) is 0 Å². The molecule has 1 aliphatic rings. The van der Waals surface area contributed by atoms with Gasteiger partial charge in [0.15, 0.2) is 11.5 Å². The van der Waals surface area contributed by atoms with Crippen LogP contribution < -0.4 is 25.6 Å². The number of rotatable bonds is 4. The summed E-state index contributed by atoms with van der Waals surface area (Å²) in [6.45, 7) is 0.123. The van der Waals surface area contributed by atoms with E-state index in [1.165, 1.54) is 6.07 Å². The number of carbonyl (C=O) groups excluding carboxylic acids is 3. The van der Waals surface area contributed by atoms with Crippen LogP contribution in [-0.4, -0.2) is 24.5 Å². The predicted molar refractivity (Wildman–Crippen MR) is 108 cm³/mol. The lowest BCUT2D eigenvalue weighted by atomic mass is 10.1. The predicted octanol–water partition coefficient (Wildman–Crippen LogP) is 2.74. The second-order valence-electron chi connectivity index (χ2n) is 6.38. The maximum Gasteiger partial charge on any atom is 0.269 e. The highest BCUT2D eigenvalue weighted by Gasteiger charge is 2.17. The fraction of sp³-hybridized carbons (Fsp3) is 0.0455. The average molecular weight is 403 g/mol. The molecule has 150 valence electrons. The van der Waals surface area contributed by atoms with Gasteiger partial charge in [-0.3, -0.25) is 25.2 Å². The Morgan fingerprint density at radius 2 is 1.30 bits per heavy atom. The van der Waals surface area contributed by atoms with Gasteiger partial charge in [-0.1, -0.05) is 24.3 Å². The summed E-state index contributed by atoms with van der Waals surface area (Å²) in [5, 5.41) is 2.73. The van der Waals surface area contributed by atoms with Crippen LogP contribution in [0.5, 0.6) is 11.5 Å². The number of ether oxygens (including phenoxy) is 2. The van der Waals surface area contributed by atoms with Crippen LogP contribution in [0, 0.1) is 0 Å². The second-order valence-corrected chi connectivity index (χ2v) is 6.38. The Balaban J connectivity index is 1.39. The smallest absolute Gasteiger partial charge is 0.269 e. The van der Waals surface area contributed by atoms with Gasteiger partial charge in [0.05, 0.1) is 0 Å². The second kappa shape index (κ2) is 8.36. The Bertz CT molecular complexity index is 1110. The van der Waals surface area contributed by atoms with Crippen LogP contribution in [-0.2, 0) is 0 Å². The first-order valence-electron chi connectivity index (χ1n) is 9.07. The fourth-order valence-electron chi connectivity index (χ4n) is 2.83. The molecule has 0 aromatic heterocycles. The number of benzene rings is 3. The van der Waals surface area contributed by atoms with Crippen molar-refractivity contribution >= 4 is 23.4 Å². The van der Waals surface area contributed by atoms with Crippen molar-refractivity contribution in [2.45, 2.75) is 0 Å². The van der Waals surface area contributed by atoms with Gasteiger partial charge in [0, 0.05) is 22.4 Å². The summed E-state index contributed by atoms with van der Waals surface area (Å²) < 4.78 is 10.5. The molecule has 3 aromatic carbocycles. The molecule has 0 aliphatic carbocycles. The molecule has 0 radical (unpaired) electrons. The van der Waals surface area contributed by atoms with E-state index in [-0.39, 0.29) is 18.3 Å². The van der Waals surface area contributed by atoms with E-state index < -0.39 is 11.8 Å². The van der Waals surface area contributed by atoms with E-state index in [2.05, 4.69) is 16.2 Å². The monoisotopic (exact) mass is 403 g/mol. The Morgan fingerprint density at radius 1 is 0.633 bits per heavy atom. The Labute approximate surface area is 171 Å². The maximum atomic E-state index is 12.5. The van der Waals surface area contributed by atoms with Crippen molar-refractivity contribution in [1.82, 2.24) is 10.9 Å². The third-order valence-electron chi connectivity index (χ3n) is 4.34. The molecule has 0 saturated carbocycles. The van der Waals surface area contributed by atoms with E-state index in [0.717, 1.165) is 0 Å². The van der Waals surface area contributed by atoms with E-state index in [1.54, 1.807) is 66.7 Å². The van der Waals surface area contributed by atoms with Crippen LogP contribution in [0.3, 0.4) is 0 Å². The molecule has 3 amide bonds. The minimum Gasteiger partial charge on any atom is -0.454 e. The molecular weight excluding hydrogens is 386 g/mol. The lowest BCUT2D eigenvalue weighted by molar-refractivity contribution is 0.0846. The van der Waals surface area contributed by atoms with E-state index in [4.69, 9.17) is 9.47 Å². The number of anilines is 1. The zero-order chi connectivity index (χ0) is 20.9. The molecule has 0 bridgehead atoms. The molecule has 4 rings (SSSR count). The molecule has 0 unspecified atom stereocenters. The first-order chi connectivity index (χ1) is 14.6. The first-order valence-corrected chi connectivity index (χ1v) is 9.07. The van der Waals surface area contributed by atoms with Crippen molar-refractivity contribution in [2.24, 2.45) is 0 Å². The molecule has 0 spiro atoms. The van der Waals surface area contributed by atoms with Crippen LogP contribution in [0.1, 0.15) is 31.1 Å². The highest BCUT2D eigenvalue weighted by atomic mass is 16.7. The quantitative estimate of drug-likeness (QED) is 0.581. The Kier molecular flexibility index (Phi) is 5.29. The van der Waals surface area contributed by atoms with Gasteiger partial charge in [0.2, 0.25) is 6.79 Å². The number of fused-ring (bicyclic) bond motifs is 1. The lowest BCUT2D eigenvalue weighted by Crippen LogP contribution is -2.41. The number of hydrazine groups is 1. The summed E-state index contributed by atoms with van der Waals surface area (Å²) in [6, 6.07) is 19.7. The zero-order valence-electron chi connectivity index (χ0n) is 15.7. The average Bonchev–Trinajstić information content (AvgIpc) is 3.26. The van der Waals surface area contributed by atoms with Gasteiger partial charge in [-0.25, -0.2) is 0 Å². The summed E-state index contributed by atoms with van der Waals surface area (Å²) in [5.41, 5.74) is 6.22. The SMILES string of the molecule is O=C(NNC(=O)c1cccc(NC(=O)c2ccc3c(c2)OCO3)c1)c1ccccc1. The molecule has 0 fully saturated rings.